The number of anilines is 1. The van der Waals surface area contributed by atoms with E-state index in [-0.39, 0.29) is 30.4 Å². The largest absolute Gasteiger partial charge is 0.497 e. The van der Waals surface area contributed by atoms with E-state index in [9.17, 15) is 9.59 Å². The quantitative estimate of drug-likeness (QED) is 0.465. The standard InChI is InChI=1S/C29H34N4O4/c1-19-6-11-23(15-20(19)2)33-17-26(21-9-12-24(36-3)13-10-21)30-29(33)31-27(34)18-32(28(35)22-7-8-22)16-25-5-4-14-37-25/h6,9-13,15,17,22,25H,4-5,7-8,14,16,18H2,1-3H3,(H,30,31,34)/t25-/m1/s1. The summed E-state index contributed by atoms with van der Waals surface area (Å²) in [6, 6.07) is 13.8. The fraction of sp³-hybridized carbons (Fsp3) is 0.414. The fourth-order valence-electron chi connectivity index (χ4n) is 4.63. The maximum atomic E-state index is 13.3. The van der Waals surface area contributed by atoms with Crippen LogP contribution in [0.1, 0.15) is 36.8 Å². The van der Waals surface area contributed by atoms with Gasteiger partial charge in [-0.25, -0.2) is 4.98 Å². The minimum absolute atomic E-state index is 0.00491. The van der Waals surface area contributed by atoms with Crippen molar-refractivity contribution < 1.29 is 19.1 Å². The number of imidazole rings is 1. The van der Waals surface area contributed by atoms with Gasteiger partial charge in [-0.05, 0) is 87.1 Å². The Morgan fingerprint density at radius 1 is 1.11 bits per heavy atom. The van der Waals surface area contributed by atoms with E-state index in [1.54, 1.807) is 12.0 Å². The predicted octanol–water partition coefficient (Wildman–Crippen LogP) is 4.52. The number of ether oxygens (including phenoxy) is 2. The van der Waals surface area contributed by atoms with E-state index in [0.717, 1.165) is 53.9 Å². The van der Waals surface area contributed by atoms with E-state index >= 15 is 0 Å². The Morgan fingerprint density at radius 3 is 2.54 bits per heavy atom. The minimum Gasteiger partial charge on any atom is -0.497 e. The summed E-state index contributed by atoms with van der Waals surface area (Å²) < 4.78 is 12.9. The van der Waals surface area contributed by atoms with Crippen molar-refractivity contribution in [3.63, 3.8) is 0 Å². The molecule has 2 aromatic carbocycles. The molecule has 1 aliphatic carbocycles. The second-order valence-corrected chi connectivity index (χ2v) is 9.99. The molecule has 2 amide bonds. The molecule has 0 spiro atoms. The number of carbonyl (C=O) groups is 2. The SMILES string of the molecule is COc1ccc(-c2cn(-c3ccc(C)c(C)c3)c(NC(=O)CN(C[C@H]3CCCO3)C(=O)C3CC3)n2)cc1. The van der Waals surface area contributed by atoms with Crippen LogP contribution in [0.3, 0.4) is 0 Å². The van der Waals surface area contributed by atoms with Crippen molar-refractivity contribution >= 4 is 17.8 Å². The number of carbonyl (C=O) groups excluding carboxylic acids is 2. The maximum Gasteiger partial charge on any atom is 0.246 e. The van der Waals surface area contributed by atoms with Gasteiger partial charge in [-0.15, -0.1) is 0 Å². The first-order valence-corrected chi connectivity index (χ1v) is 12.9. The summed E-state index contributed by atoms with van der Waals surface area (Å²) in [5.74, 6) is 0.979. The molecule has 8 nitrogen and oxygen atoms in total. The molecule has 1 aliphatic heterocycles. The highest BCUT2D eigenvalue weighted by atomic mass is 16.5. The van der Waals surface area contributed by atoms with Crippen LogP contribution in [0, 0.1) is 19.8 Å². The van der Waals surface area contributed by atoms with Gasteiger partial charge in [-0.3, -0.25) is 19.5 Å². The number of benzene rings is 2. The van der Waals surface area contributed by atoms with E-state index in [1.165, 1.54) is 5.56 Å². The first-order valence-electron chi connectivity index (χ1n) is 12.9. The average molecular weight is 503 g/mol. The molecule has 1 N–H and O–H groups in total. The molecular formula is C29H34N4O4. The summed E-state index contributed by atoms with van der Waals surface area (Å²) in [6.07, 6.45) is 5.61. The number of nitrogens with one attached hydrogen (secondary N) is 1. The number of hydrogen-bond donors (Lipinski definition) is 1. The van der Waals surface area contributed by atoms with E-state index in [1.807, 2.05) is 41.1 Å². The van der Waals surface area contributed by atoms with Crippen molar-refractivity contribution in [2.75, 3.05) is 32.1 Å². The maximum absolute atomic E-state index is 13.3. The summed E-state index contributed by atoms with van der Waals surface area (Å²) in [6.45, 7) is 5.27. The molecule has 1 saturated heterocycles. The van der Waals surface area contributed by atoms with Crippen molar-refractivity contribution in [3.05, 3.63) is 59.8 Å². The Labute approximate surface area is 217 Å². The second kappa shape index (κ2) is 10.8. The topological polar surface area (TPSA) is 85.7 Å². The summed E-state index contributed by atoms with van der Waals surface area (Å²) in [5.41, 5.74) is 4.86. The van der Waals surface area contributed by atoms with Crippen LogP contribution >= 0.6 is 0 Å². The normalized spacial score (nSPS) is 17.0. The van der Waals surface area contributed by atoms with Gasteiger partial charge in [0.15, 0.2) is 0 Å². The highest BCUT2D eigenvalue weighted by molar-refractivity contribution is 5.94. The second-order valence-electron chi connectivity index (χ2n) is 9.99. The Balaban J connectivity index is 1.41. The molecule has 0 unspecified atom stereocenters. The van der Waals surface area contributed by atoms with Gasteiger partial charge >= 0.3 is 0 Å². The molecule has 194 valence electrons. The van der Waals surface area contributed by atoms with Crippen LogP contribution in [0.2, 0.25) is 0 Å². The van der Waals surface area contributed by atoms with Crippen molar-refractivity contribution in [2.45, 2.75) is 45.6 Å². The van der Waals surface area contributed by atoms with Gasteiger partial charge in [-0.1, -0.05) is 6.07 Å². The molecule has 1 saturated carbocycles. The van der Waals surface area contributed by atoms with Gasteiger partial charge in [0.05, 0.1) is 18.9 Å². The first-order chi connectivity index (χ1) is 17.9. The number of amides is 2. The molecule has 1 aromatic heterocycles. The van der Waals surface area contributed by atoms with Crippen molar-refractivity contribution in [2.24, 2.45) is 5.92 Å². The Hall–Kier alpha value is -3.65. The lowest BCUT2D eigenvalue weighted by atomic mass is 10.1. The number of hydrogen-bond acceptors (Lipinski definition) is 5. The summed E-state index contributed by atoms with van der Waals surface area (Å²) in [4.78, 5) is 32.6. The molecule has 2 aliphatic rings. The van der Waals surface area contributed by atoms with Crippen LogP contribution < -0.4 is 10.1 Å². The van der Waals surface area contributed by atoms with Gasteiger partial charge in [0.1, 0.15) is 12.3 Å². The van der Waals surface area contributed by atoms with Crippen molar-refractivity contribution in [1.82, 2.24) is 14.5 Å². The lowest BCUT2D eigenvalue weighted by molar-refractivity contribution is -0.137. The van der Waals surface area contributed by atoms with Crippen LogP contribution in [0.5, 0.6) is 5.75 Å². The third kappa shape index (κ3) is 5.85. The van der Waals surface area contributed by atoms with Crippen molar-refractivity contribution in [3.8, 4) is 22.7 Å². The lowest BCUT2D eigenvalue weighted by Gasteiger charge is -2.25. The highest BCUT2D eigenvalue weighted by Gasteiger charge is 2.35. The van der Waals surface area contributed by atoms with Crippen LogP contribution in [0.25, 0.3) is 16.9 Å². The Kier molecular flexibility index (Phi) is 7.28. The minimum atomic E-state index is -0.274. The molecule has 1 atom stereocenters. The van der Waals surface area contributed by atoms with Crippen LogP contribution in [0.4, 0.5) is 5.95 Å². The zero-order chi connectivity index (χ0) is 25.9. The third-order valence-electron chi connectivity index (χ3n) is 7.13. The van der Waals surface area contributed by atoms with Crippen LogP contribution in [0.15, 0.2) is 48.7 Å². The summed E-state index contributed by atoms with van der Waals surface area (Å²) >= 11 is 0. The van der Waals surface area contributed by atoms with E-state index < -0.39 is 0 Å². The summed E-state index contributed by atoms with van der Waals surface area (Å²) in [5, 5.41) is 2.98. The molecule has 8 heteroatoms. The van der Waals surface area contributed by atoms with Gasteiger partial charge < -0.3 is 14.4 Å². The van der Waals surface area contributed by atoms with Crippen LogP contribution in [-0.4, -0.2) is 59.2 Å². The number of aromatic nitrogens is 2. The number of nitrogens with zero attached hydrogens (tertiary/aromatic N) is 3. The van der Waals surface area contributed by atoms with Gasteiger partial charge in [0, 0.05) is 36.5 Å². The molecule has 2 fully saturated rings. The smallest absolute Gasteiger partial charge is 0.246 e. The lowest BCUT2D eigenvalue weighted by Crippen LogP contribution is -2.43. The number of rotatable bonds is 9. The average Bonchev–Trinajstić information content (AvgIpc) is 3.47. The fourth-order valence-corrected chi connectivity index (χ4v) is 4.63. The highest BCUT2D eigenvalue weighted by Crippen LogP contribution is 2.32. The Bertz CT molecular complexity index is 1270. The molecular weight excluding hydrogens is 468 g/mol. The number of aryl methyl sites for hydroxylation is 2. The van der Waals surface area contributed by atoms with Gasteiger partial charge in [-0.2, -0.15) is 0 Å². The first kappa shape index (κ1) is 25.0. The molecule has 0 radical (unpaired) electrons. The van der Waals surface area contributed by atoms with E-state index in [4.69, 9.17) is 14.5 Å². The molecule has 5 rings (SSSR count). The van der Waals surface area contributed by atoms with Gasteiger partial charge in [0.25, 0.3) is 0 Å². The molecule has 2 heterocycles. The zero-order valence-electron chi connectivity index (χ0n) is 21.7. The Morgan fingerprint density at radius 2 is 1.89 bits per heavy atom. The third-order valence-corrected chi connectivity index (χ3v) is 7.13. The number of methoxy groups -OCH3 is 1. The molecule has 3 aromatic rings. The van der Waals surface area contributed by atoms with E-state index in [0.29, 0.717) is 19.1 Å². The predicted molar refractivity (Wildman–Crippen MR) is 142 cm³/mol. The monoisotopic (exact) mass is 502 g/mol. The van der Waals surface area contributed by atoms with Crippen LogP contribution in [-0.2, 0) is 14.3 Å². The molecule has 37 heavy (non-hydrogen) atoms. The van der Waals surface area contributed by atoms with Crippen molar-refractivity contribution in [1.29, 1.82) is 0 Å². The zero-order valence-corrected chi connectivity index (χ0v) is 21.7. The van der Waals surface area contributed by atoms with Gasteiger partial charge in [0.2, 0.25) is 17.8 Å². The van der Waals surface area contributed by atoms with E-state index in [2.05, 4.69) is 31.3 Å². The summed E-state index contributed by atoms with van der Waals surface area (Å²) in [7, 11) is 1.63. The molecule has 0 bridgehead atoms.